The highest BCUT2D eigenvalue weighted by atomic mass is 35.5. The standard InChI is InChI=1S/C24H21ClN6O2S/c1-15-16(2)31(18-7-9-20(33-3)10-8-18)23(21(15)12-26)28-22(32)13-34-24-29-27-14-30(24)19-6-4-5-17(25)11-19/h4-11,14H,13H2,1-3H3,(H,28,32). The topological polar surface area (TPSA) is 97.8 Å². The van der Waals surface area contributed by atoms with E-state index in [-0.39, 0.29) is 11.7 Å². The number of nitriles is 1. The fourth-order valence-corrected chi connectivity index (χ4v) is 4.45. The highest BCUT2D eigenvalue weighted by Gasteiger charge is 2.21. The summed E-state index contributed by atoms with van der Waals surface area (Å²) in [6, 6.07) is 16.9. The zero-order valence-corrected chi connectivity index (χ0v) is 20.3. The molecule has 172 valence electrons. The third-order valence-electron chi connectivity index (χ3n) is 5.35. The van der Waals surface area contributed by atoms with Crippen LogP contribution in [0, 0.1) is 25.2 Å². The van der Waals surface area contributed by atoms with Gasteiger partial charge in [-0.25, -0.2) is 0 Å². The predicted octanol–water partition coefficient (Wildman–Crippen LogP) is 4.94. The molecule has 0 bridgehead atoms. The second kappa shape index (κ2) is 10.0. The van der Waals surface area contributed by atoms with Crippen LogP contribution in [-0.2, 0) is 4.79 Å². The Bertz CT molecular complexity index is 1390. The minimum absolute atomic E-state index is 0.0794. The molecule has 0 saturated carbocycles. The molecule has 0 atom stereocenters. The fourth-order valence-electron chi connectivity index (χ4n) is 3.54. The summed E-state index contributed by atoms with van der Waals surface area (Å²) in [5, 5.41) is 21.9. The van der Waals surface area contributed by atoms with E-state index in [0.29, 0.717) is 21.6 Å². The maximum atomic E-state index is 12.9. The third kappa shape index (κ3) is 4.64. The molecule has 1 N–H and O–H groups in total. The van der Waals surface area contributed by atoms with E-state index < -0.39 is 0 Å². The number of hydrogen-bond donors (Lipinski definition) is 1. The highest BCUT2D eigenvalue weighted by Crippen LogP contribution is 2.31. The van der Waals surface area contributed by atoms with Gasteiger partial charge in [0.1, 0.15) is 24.0 Å². The number of carbonyl (C=O) groups excluding carboxylic acids is 1. The van der Waals surface area contributed by atoms with Crippen LogP contribution in [0.15, 0.2) is 60.0 Å². The third-order valence-corrected chi connectivity index (χ3v) is 6.53. The number of nitrogens with zero attached hydrogens (tertiary/aromatic N) is 5. The molecule has 0 aliphatic heterocycles. The number of nitrogens with one attached hydrogen (secondary N) is 1. The molecule has 0 radical (unpaired) electrons. The van der Waals surface area contributed by atoms with Crippen LogP contribution in [0.25, 0.3) is 11.4 Å². The molecule has 2 aromatic heterocycles. The average Bonchev–Trinajstić information content (AvgIpc) is 3.40. The molecule has 0 aliphatic rings. The molecule has 1 amide bonds. The van der Waals surface area contributed by atoms with Gasteiger partial charge in [0.25, 0.3) is 0 Å². The normalized spacial score (nSPS) is 10.7. The lowest BCUT2D eigenvalue weighted by atomic mass is 10.2. The lowest BCUT2D eigenvalue weighted by Crippen LogP contribution is -2.18. The van der Waals surface area contributed by atoms with Crippen LogP contribution >= 0.6 is 23.4 Å². The van der Waals surface area contributed by atoms with E-state index in [1.807, 2.05) is 54.8 Å². The zero-order valence-electron chi connectivity index (χ0n) is 18.7. The van der Waals surface area contributed by atoms with Crippen molar-refractivity contribution in [1.29, 1.82) is 5.26 Å². The molecule has 0 spiro atoms. The number of carbonyl (C=O) groups is 1. The van der Waals surface area contributed by atoms with Crippen LogP contribution in [0.3, 0.4) is 0 Å². The van der Waals surface area contributed by atoms with Gasteiger partial charge in [-0.15, -0.1) is 10.2 Å². The highest BCUT2D eigenvalue weighted by molar-refractivity contribution is 7.99. The molecular weight excluding hydrogens is 472 g/mol. The number of anilines is 1. The first-order valence-electron chi connectivity index (χ1n) is 10.3. The largest absolute Gasteiger partial charge is 0.497 e. The van der Waals surface area contributed by atoms with Crippen LogP contribution in [-0.4, -0.2) is 38.1 Å². The van der Waals surface area contributed by atoms with Crippen molar-refractivity contribution in [3.05, 3.63) is 76.7 Å². The first-order chi connectivity index (χ1) is 16.4. The van der Waals surface area contributed by atoms with E-state index in [4.69, 9.17) is 16.3 Å². The van der Waals surface area contributed by atoms with Crippen molar-refractivity contribution in [1.82, 2.24) is 19.3 Å². The number of amides is 1. The molecule has 2 aromatic carbocycles. The van der Waals surface area contributed by atoms with Crippen molar-refractivity contribution in [2.75, 3.05) is 18.2 Å². The number of thioether (sulfide) groups is 1. The van der Waals surface area contributed by atoms with Crippen LogP contribution < -0.4 is 10.1 Å². The van der Waals surface area contributed by atoms with Gasteiger partial charge in [-0.3, -0.25) is 13.9 Å². The van der Waals surface area contributed by atoms with Crippen LogP contribution in [0.4, 0.5) is 5.82 Å². The first-order valence-corrected chi connectivity index (χ1v) is 11.6. The Kier molecular flexibility index (Phi) is 6.91. The van der Waals surface area contributed by atoms with Crippen molar-refractivity contribution in [3.63, 3.8) is 0 Å². The first kappa shape index (κ1) is 23.4. The number of hydrogen-bond acceptors (Lipinski definition) is 6. The molecule has 0 aliphatic carbocycles. The smallest absolute Gasteiger partial charge is 0.236 e. The van der Waals surface area contributed by atoms with Crippen molar-refractivity contribution < 1.29 is 9.53 Å². The van der Waals surface area contributed by atoms with Gasteiger partial charge in [-0.1, -0.05) is 29.4 Å². The van der Waals surface area contributed by atoms with Gasteiger partial charge in [-0.2, -0.15) is 5.26 Å². The Morgan fingerprint density at radius 1 is 1.21 bits per heavy atom. The Balaban J connectivity index is 1.57. The minimum Gasteiger partial charge on any atom is -0.497 e. The number of ether oxygens (including phenoxy) is 1. The van der Waals surface area contributed by atoms with Crippen LogP contribution in [0.2, 0.25) is 5.02 Å². The van der Waals surface area contributed by atoms with Gasteiger partial charge < -0.3 is 10.1 Å². The van der Waals surface area contributed by atoms with Crippen molar-refractivity contribution in [2.24, 2.45) is 0 Å². The lowest BCUT2D eigenvalue weighted by Gasteiger charge is -2.14. The Morgan fingerprint density at radius 3 is 2.65 bits per heavy atom. The molecule has 2 heterocycles. The fraction of sp³-hybridized carbons (Fsp3) is 0.167. The van der Waals surface area contributed by atoms with Crippen LogP contribution in [0.5, 0.6) is 5.75 Å². The predicted molar refractivity (Wildman–Crippen MR) is 132 cm³/mol. The van der Waals surface area contributed by atoms with Crippen molar-refractivity contribution in [3.8, 4) is 23.2 Å². The summed E-state index contributed by atoms with van der Waals surface area (Å²) >= 11 is 7.34. The number of methoxy groups -OCH3 is 1. The maximum Gasteiger partial charge on any atom is 0.236 e. The zero-order chi connectivity index (χ0) is 24.2. The van der Waals surface area contributed by atoms with Gasteiger partial charge in [-0.05, 0) is 61.9 Å². The lowest BCUT2D eigenvalue weighted by molar-refractivity contribution is -0.113. The number of rotatable bonds is 7. The maximum absolute atomic E-state index is 12.9. The van der Waals surface area contributed by atoms with Gasteiger partial charge in [0.15, 0.2) is 5.16 Å². The summed E-state index contributed by atoms with van der Waals surface area (Å²) in [4.78, 5) is 12.9. The van der Waals surface area contributed by atoms with E-state index in [0.717, 1.165) is 28.4 Å². The van der Waals surface area contributed by atoms with Gasteiger partial charge in [0, 0.05) is 16.4 Å². The summed E-state index contributed by atoms with van der Waals surface area (Å²) in [7, 11) is 1.60. The van der Waals surface area contributed by atoms with Gasteiger partial charge in [0.05, 0.1) is 24.1 Å². The second-order valence-corrected chi connectivity index (χ2v) is 8.76. The van der Waals surface area contributed by atoms with E-state index in [2.05, 4.69) is 21.6 Å². The monoisotopic (exact) mass is 492 g/mol. The molecule has 0 saturated heterocycles. The van der Waals surface area contributed by atoms with Crippen molar-refractivity contribution >= 4 is 35.1 Å². The Labute approximate surface area is 206 Å². The molecule has 0 unspecified atom stereocenters. The van der Waals surface area contributed by atoms with Gasteiger partial charge in [0.2, 0.25) is 5.91 Å². The van der Waals surface area contributed by atoms with E-state index in [1.54, 1.807) is 30.1 Å². The molecule has 4 aromatic rings. The molecule has 10 heteroatoms. The quantitative estimate of drug-likeness (QED) is 0.367. The molecule has 34 heavy (non-hydrogen) atoms. The summed E-state index contributed by atoms with van der Waals surface area (Å²) in [5.41, 5.74) is 3.71. The molecular formula is C24H21ClN6O2S. The average molecular weight is 493 g/mol. The summed E-state index contributed by atoms with van der Waals surface area (Å²) < 4.78 is 8.87. The summed E-state index contributed by atoms with van der Waals surface area (Å²) in [6.07, 6.45) is 1.57. The minimum atomic E-state index is -0.269. The molecule has 4 rings (SSSR count). The van der Waals surface area contributed by atoms with E-state index in [1.165, 1.54) is 11.8 Å². The van der Waals surface area contributed by atoms with Gasteiger partial charge >= 0.3 is 0 Å². The number of halogens is 1. The van der Waals surface area contributed by atoms with Crippen molar-refractivity contribution in [2.45, 2.75) is 19.0 Å². The Morgan fingerprint density at radius 2 is 1.97 bits per heavy atom. The Hall–Kier alpha value is -3.74. The summed E-state index contributed by atoms with van der Waals surface area (Å²) in [6.45, 7) is 3.78. The molecule has 8 nitrogen and oxygen atoms in total. The summed E-state index contributed by atoms with van der Waals surface area (Å²) in [5.74, 6) is 0.964. The molecule has 0 fully saturated rings. The number of aromatic nitrogens is 4. The SMILES string of the molecule is COc1ccc(-n2c(C)c(C)c(C#N)c2NC(=O)CSc2nncn2-c2cccc(Cl)c2)cc1. The number of benzene rings is 2. The van der Waals surface area contributed by atoms with E-state index >= 15 is 0 Å². The van der Waals surface area contributed by atoms with E-state index in [9.17, 15) is 10.1 Å². The second-order valence-electron chi connectivity index (χ2n) is 7.38. The van der Waals surface area contributed by atoms with Crippen LogP contribution in [0.1, 0.15) is 16.8 Å².